The number of aromatic nitrogens is 4. The standard InChI is InChI=1S/C14H17N5O2/c1-10-16-17-18-19(10)12-5-2-4-11(8-12)14(20)15-9-13-6-3-7-21-13/h2,4-5,8,13H,3,6-7,9H2,1H3,(H,15,20)/t13-/m0/s1. The van der Waals surface area contributed by atoms with E-state index >= 15 is 0 Å². The number of carbonyl (C=O) groups excluding carboxylic acids is 1. The Bertz CT molecular complexity index is 634. The van der Waals surface area contributed by atoms with E-state index in [-0.39, 0.29) is 12.0 Å². The molecule has 0 saturated carbocycles. The molecule has 1 aromatic carbocycles. The summed E-state index contributed by atoms with van der Waals surface area (Å²) in [7, 11) is 0. The van der Waals surface area contributed by atoms with Gasteiger partial charge in [0.1, 0.15) is 0 Å². The molecule has 7 heteroatoms. The van der Waals surface area contributed by atoms with E-state index in [0.717, 1.165) is 25.1 Å². The summed E-state index contributed by atoms with van der Waals surface area (Å²) in [6.07, 6.45) is 2.21. The monoisotopic (exact) mass is 287 g/mol. The largest absolute Gasteiger partial charge is 0.376 e. The van der Waals surface area contributed by atoms with Crippen LogP contribution in [0.1, 0.15) is 29.0 Å². The van der Waals surface area contributed by atoms with Gasteiger partial charge in [0.2, 0.25) is 0 Å². The van der Waals surface area contributed by atoms with Gasteiger partial charge in [-0.3, -0.25) is 4.79 Å². The molecule has 3 rings (SSSR count). The minimum absolute atomic E-state index is 0.113. The predicted molar refractivity (Wildman–Crippen MR) is 75.2 cm³/mol. The van der Waals surface area contributed by atoms with E-state index in [9.17, 15) is 4.79 Å². The highest BCUT2D eigenvalue weighted by Gasteiger charge is 2.17. The first-order chi connectivity index (χ1) is 10.2. The van der Waals surface area contributed by atoms with E-state index in [1.807, 2.05) is 19.1 Å². The molecule has 1 fully saturated rings. The van der Waals surface area contributed by atoms with Crippen LogP contribution in [0.25, 0.3) is 5.69 Å². The number of amides is 1. The summed E-state index contributed by atoms with van der Waals surface area (Å²) in [5.74, 6) is 0.560. The molecular formula is C14H17N5O2. The van der Waals surface area contributed by atoms with Crippen LogP contribution in [-0.2, 0) is 4.74 Å². The van der Waals surface area contributed by atoms with E-state index in [4.69, 9.17) is 4.74 Å². The van der Waals surface area contributed by atoms with Crippen molar-refractivity contribution in [1.82, 2.24) is 25.5 Å². The molecule has 0 spiro atoms. The van der Waals surface area contributed by atoms with Crippen LogP contribution in [0.4, 0.5) is 0 Å². The van der Waals surface area contributed by atoms with Crippen molar-refractivity contribution < 1.29 is 9.53 Å². The van der Waals surface area contributed by atoms with E-state index in [1.54, 1.807) is 16.8 Å². The smallest absolute Gasteiger partial charge is 0.251 e. The highest BCUT2D eigenvalue weighted by atomic mass is 16.5. The van der Waals surface area contributed by atoms with Crippen molar-refractivity contribution in [3.63, 3.8) is 0 Å². The molecule has 110 valence electrons. The number of ether oxygens (including phenoxy) is 1. The van der Waals surface area contributed by atoms with Gasteiger partial charge < -0.3 is 10.1 Å². The van der Waals surface area contributed by atoms with Crippen molar-refractivity contribution in [2.24, 2.45) is 0 Å². The molecule has 1 aliphatic rings. The third kappa shape index (κ3) is 3.08. The zero-order chi connectivity index (χ0) is 14.7. The quantitative estimate of drug-likeness (QED) is 0.902. The Morgan fingerprint density at radius 3 is 3.14 bits per heavy atom. The first-order valence-corrected chi connectivity index (χ1v) is 6.99. The molecule has 0 unspecified atom stereocenters. The Labute approximate surface area is 122 Å². The SMILES string of the molecule is Cc1nnnn1-c1cccc(C(=O)NC[C@@H]2CCCO2)c1. The van der Waals surface area contributed by atoms with Crippen LogP contribution in [0.3, 0.4) is 0 Å². The van der Waals surface area contributed by atoms with Crippen molar-refractivity contribution in [2.75, 3.05) is 13.2 Å². The van der Waals surface area contributed by atoms with Crippen LogP contribution < -0.4 is 5.32 Å². The fourth-order valence-corrected chi connectivity index (χ4v) is 2.36. The van der Waals surface area contributed by atoms with E-state index in [0.29, 0.717) is 17.9 Å². The molecule has 1 aliphatic heterocycles. The van der Waals surface area contributed by atoms with Crippen LogP contribution >= 0.6 is 0 Å². The minimum atomic E-state index is -0.113. The van der Waals surface area contributed by atoms with Gasteiger partial charge in [0.25, 0.3) is 5.91 Å². The van der Waals surface area contributed by atoms with Gasteiger partial charge in [-0.25, -0.2) is 0 Å². The van der Waals surface area contributed by atoms with Crippen LogP contribution in [-0.4, -0.2) is 45.4 Å². The first-order valence-electron chi connectivity index (χ1n) is 6.99. The molecule has 2 heterocycles. The van der Waals surface area contributed by atoms with E-state index < -0.39 is 0 Å². The molecule has 2 aromatic rings. The predicted octanol–water partition coefficient (Wildman–Crippen LogP) is 0.880. The molecule has 1 atom stereocenters. The zero-order valence-electron chi connectivity index (χ0n) is 11.8. The summed E-state index contributed by atoms with van der Waals surface area (Å²) < 4.78 is 7.09. The zero-order valence-corrected chi connectivity index (χ0v) is 11.8. The number of hydrogen-bond donors (Lipinski definition) is 1. The van der Waals surface area contributed by atoms with Crippen molar-refractivity contribution in [1.29, 1.82) is 0 Å². The van der Waals surface area contributed by atoms with E-state index in [1.165, 1.54) is 0 Å². The number of rotatable bonds is 4. The molecule has 0 radical (unpaired) electrons. The second-order valence-corrected chi connectivity index (χ2v) is 5.03. The lowest BCUT2D eigenvalue weighted by Crippen LogP contribution is -2.31. The molecule has 7 nitrogen and oxygen atoms in total. The molecule has 1 N–H and O–H groups in total. The number of hydrogen-bond acceptors (Lipinski definition) is 5. The van der Waals surface area contributed by atoms with Crippen molar-refractivity contribution >= 4 is 5.91 Å². The highest BCUT2D eigenvalue weighted by Crippen LogP contribution is 2.12. The summed E-state index contributed by atoms with van der Waals surface area (Å²) in [6.45, 7) is 3.14. The second kappa shape index (κ2) is 6.01. The summed E-state index contributed by atoms with van der Waals surface area (Å²) in [5.41, 5.74) is 1.35. The third-order valence-electron chi connectivity index (χ3n) is 3.49. The maximum absolute atomic E-state index is 12.2. The van der Waals surface area contributed by atoms with Gasteiger partial charge in [0.05, 0.1) is 11.8 Å². The fourth-order valence-electron chi connectivity index (χ4n) is 2.36. The van der Waals surface area contributed by atoms with Gasteiger partial charge >= 0.3 is 0 Å². The topological polar surface area (TPSA) is 81.9 Å². The van der Waals surface area contributed by atoms with Gasteiger partial charge in [-0.15, -0.1) is 5.10 Å². The minimum Gasteiger partial charge on any atom is -0.376 e. The van der Waals surface area contributed by atoms with Crippen LogP contribution in [0.2, 0.25) is 0 Å². The number of benzene rings is 1. The lowest BCUT2D eigenvalue weighted by Gasteiger charge is -2.11. The van der Waals surface area contributed by atoms with Crippen molar-refractivity contribution in [3.05, 3.63) is 35.7 Å². The molecule has 21 heavy (non-hydrogen) atoms. The fraction of sp³-hybridized carbons (Fsp3) is 0.429. The Morgan fingerprint density at radius 1 is 1.52 bits per heavy atom. The van der Waals surface area contributed by atoms with Crippen LogP contribution in [0.5, 0.6) is 0 Å². The maximum atomic E-state index is 12.2. The second-order valence-electron chi connectivity index (χ2n) is 5.03. The average molecular weight is 287 g/mol. The normalized spacial score (nSPS) is 17.9. The molecule has 1 saturated heterocycles. The molecule has 1 amide bonds. The maximum Gasteiger partial charge on any atom is 0.251 e. The van der Waals surface area contributed by atoms with Crippen molar-refractivity contribution in [3.8, 4) is 5.69 Å². The highest BCUT2D eigenvalue weighted by molar-refractivity contribution is 5.94. The van der Waals surface area contributed by atoms with Gasteiger partial charge in [-0.05, 0) is 48.4 Å². The van der Waals surface area contributed by atoms with Crippen LogP contribution in [0, 0.1) is 6.92 Å². The number of nitrogens with one attached hydrogen (secondary N) is 1. The summed E-state index contributed by atoms with van der Waals surface area (Å²) in [5, 5.41) is 14.3. The van der Waals surface area contributed by atoms with Gasteiger partial charge in [0, 0.05) is 18.7 Å². The van der Waals surface area contributed by atoms with Crippen LogP contribution in [0.15, 0.2) is 24.3 Å². The molecule has 1 aromatic heterocycles. The number of aryl methyl sites for hydroxylation is 1. The molecular weight excluding hydrogens is 270 g/mol. The summed E-state index contributed by atoms with van der Waals surface area (Å²) >= 11 is 0. The van der Waals surface area contributed by atoms with Gasteiger partial charge in [-0.1, -0.05) is 6.07 Å². The van der Waals surface area contributed by atoms with Gasteiger partial charge in [0.15, 0.2) is 5.82 Å². The summed E-state index contributed by atoms with van der Waals surface area (Å²) in [6, 6.07) is 7.22. The Kier molecular flexibility index (Phi) is 3.92. The number of carbonyl (C=O) groups is 1. The Balaban J connectivity index is 1.70. The van der Waals surface area contributed by atoms with Gasteiger partial charge in [-0.2, -0.15) is 4.68 Å². The lowest BCUT2D eigenvalue weighted by molar-refractivity contribution is 0.0858. The van der Waals surface area contributed by atoms with E-state index in [2.05, 4.69) is 20.8 Å². The lowest BCUT2D eigenvalue weighted by atomic mass is 10.1. The number of nitrogens with zero attached hydrogens (tertiary/aromatic N) is 4. The first kappa shape index (κ1) is 13.7. The Morgan fingerprint density at radius 2 is 2.43 bits per heavy atom. The third-order valence-corrected chi connectivity index (χ3v) is 3.49. The molecule has 0 aliphatic carbocycles. The average Bonchev–Trinajstić information content (AvgIpc) is 3.16. The molecule has 0 bridgehead atoms. The number of tetrazole rings is 1. The van der Waals surface area contributed by atoms with Crippen molar-refractivity contribution in [2.45, 2.75) is 25.9 Å². The Hall–Kier alpha value is -2.28. The summed E-state index contributed by atoms with van der Waals surface area (Å²) in [4.78, 5) is 12.2.